The van der Waals surface area contributed by atoms with Gasteiger partial charge in [-0.2, -0.15) is 0 Å². The average molecular weight is 411 g/mol. The van der Waals surface area contributed by atoms with Crippen LogP contribution in [0.25, 0.3) is 6.08 Å². The van der Waals surface area contributed by atoms with Crippen LogP contribution in [0.1, 0.15) is 5.56 Å². The number of terminal acetylenes is 1. The maximum absolute atomic E-state index is 12.9. The van der Waals surface area contributed by atoms with E-state index in [-0.39, 0.29) is 17.9 Å². The molecule has 0 bridgehead atoms. The van der Waals surface area contributed by atoms with Gasteiger partial charge in [0, 0.05) is 16.7 Å². The molecular weight excluding hydrogens is 396 g/mol. The number of urea groups is 1. The number of barbiturate groups is 1. The first-order valence-electron chi connectivity index (χ1n) is 8.36. The highest BCUT2D eigenvalue weighted by molar-refractivity contribution is 6.39. The quantitative estimate of drug-likeness (QED) is 0.465. The van der Waals surface area contributed by atoms with Crippen molar-refractivity contribution in [2.75, 3.05) is 18.6 Å². The predicted molar refractivity (Wildman–Crippen MR) is 108 cm³/mol. The number of ether oxygens (including phenoxy) is 2. The summed E-state index contributed by atoms with van der Waals surface area (Å²) in [5.41, 5.74) is 0.453. The van der Waals surface area contributed by atoms with E-state index in [4.69, 9.17) is 27.5 Å². The molecular formula is C21H15ClN2O5. The first-order chi connectivity index (χ1) is 13.9. The van der Waals surface area contributed by atoms with Gasteiger partial charge in [0.25, 0.3) is 11.8 Å². The van der Waals surface area contributed by atoms with Crippen molar-refractivity contribution in [3.05, 3.63) is 58.6 Å². The zero-order valence-electron chi connectivity index (χ0n) is 15.3. The van der Waals surface area contributed by atoms with E-state index in [2.05, 4.69) is 11.2 Å². The number of halogens is 1. The molecule has 29 heavy (non-hydrogen) atoms. The number of hydrogen-bond donors (Lipinski definition) is 1. The molecule has 1 heterocycles. The summed E-state index contributed by atoms with van der Waals surface area (Å²) in [5.74, 6) is 1.59. The Hall–Kier alpha value is -3.76. The Balaban J connectivity index is 2.02. The first-order valence-corrected chi connectivity index (χ1v) is 8.73. The minimum atomic E-state index is -0.849. The molecule has 0 spiro atoms. The molecule has 0 aliphatic carbocycles. The molecule has 0 unspecified atom stereocenters. The van der Waals surface area contributed by atoms with Crippen LogP contribution in [0.4, 0.5) is 10.5 Å². The zero-order chi connectivity index (χ0) is 21.0. The summed E-state index contributed by atoms with van der Waals surface area (Å²) in [6.45, 7) is -0.0150. The van der Waals surface area contributed by atoms with Crippen LogP contribution in [0.2, 0.25) is 5.02 Å². The first kappa shape index (κ1) is 20.0. The number of amides is 4. The number of benzene rings is 2. The summed E-state index contributed by atoms with van der Waals surface area (Å²) < 4.78 is 10.6. The number of imide groups is 2. The molecule has 1 N–H and O–H groups in total. The van der Waals surface area contributed by atoms with Crippen molar-refractivity contribution in [1.82, 2.24) is 5.32 Å². The van der Waals surface area contributed by atoms with Crippen LogP contribution in [0, 0.1) is 12.3 Å². The lowest BCUT2D eigenvalue weighted by atomic mass is 10.1. The van der Waals surface area contributed by atoms with E-state index >= 15 is 0 Å². The van der Waals surface area contributed by atoms with Gasteiger partial charge in [-0.25, -0.2) is 9.69 Å². The Bertz CT molecular complexity index is 1050. The van der Waals surface area contributed by atoms with E-state index in [1.807, 2.05) is 0 Å². The molecule has 0 radical (unpaired) electrons. The Morgan fingerprint density at radius 3 is 2.55 bits per heavy atom. The van der Waals surface area contributed by atoms with Crippen molar-refractivity contribution in [2.45, 2.75) is 0 Å². The van der Waals surface area contributed by atoms with Crippen molar-refractivity contribution in [3.8, 4) is 23.8 Å². The average Bonchev–Trinajstić information content (AvgIpc) is 2.71. The van der Waals surface area contributed by atoms with Gasteiger partial charge in [-0.05, 0) is 42.5 Å². The van der Waals surface area contributed by atoms with Crippen LogP contribution < -0.4 is 19.7 Å². The Kier molecular flexibility index (Phi) is 5.86. The molecule has 146 valence electrons. The molecule has 2 aromatic rings. The molecule has 0 aromatic heterocycles. The van der Waals surface area contributed by atoms with Crippen molar-refractivity contribution in [1.29, 1.82) is 0 Å². The largest absolute Gasteiger partial charge is 0.497 e. The highest BCUT2D eigenvalue weighted by Crippen LogP contribution is 2.29. The second kappa shape index (κ2) is 8.50. The second-order valence-corrected chi connectivity index (χ2v) is 6.27. The lowest BCUT2D eigenvalue weighted by molar-refractivity contribution is -0.122. The van der Waals surface area contributed by atoms with Gasteiger partial charge < -0.3 is 9.47 Å². The van der Waals surface area contributed by atoms with Crippen LogP contribution >= 0.6 is 11.6 Å². The van der Waals surface area contributed by atoms with E-state index < -0.39 is 17.8 Å². The summed E-state index contributed by atoms with van der Waals surface area (Å²) in [7, 11) is 1.49. The van der Waals surface area contributed by atoms with E-state index in [9.17, 15) is 14.4 Å². The predicted octanol–water partition coefficient (Wildman–Crippen LogP) is 3.03. The van der Waals surface area contributed by atoms with Crippen LogP contribution in [0.5, 0.6) is 11.5 Å². The summed E-state index contributed by atoms with van der Waals surface area (Å²) in [5, 5.41) is 2.60. The monoisotopic (exact) mass is 410 g/mol. The third-order valence-electron chi connectivity index (χ3n) is 4.02. The summed E-state index contributed by atoms with van der Waals surface area (Å²) in [6, 6.07) is 10.1. The summed E-state index contributed by atoms with van der Waals surface area (Å²) >= 11 is 5.86. The second-order valence-electron chi connectivity index (χ2n) is 5.83. The van der Waals surface area contributed by atoms with Crippen molar-refractivity contribution in [2.24, 2.45) is 0 Å². The molecule has 3 rings (SSSR count). The van der Waals surface area contributed by atoms with Gasteiger partial charge in [-0.3, -0.25) is 14.9 Å². The highest BCUT2D eigenvalue weighted by atomic mass is 35.5. The molecule has 0 atom stereocenters. The number of hydrogen-bond acceptors (Lipinski definition) is 5. The standard InChI is InChI=1S/C21H15ClN2O5/c1-3-10-29-18-12-16(28-2)9-4-13(18)11-17-19(25)23-21(27)24(20(17)26)15-7-5-14(22)6-8-15/h1,4-9,11-12H,10H2,2H3,(H,23,25,27)/b17-11+. The molecule has 1 aliphatic heterocycles. The van der Waals surface area contributed by atoms with Gasteiger partial charge in [0.2, 0.25) is 0 Å². The fourth-order valence-electron chi connectivity index (χ4n) is 2.64. The van der Waals surface area contributed by atoms with Gasteiger partial charge in [-0.1, -0.05) is 17.5 Å². The normalized spacial score (nSPS) is 15.1. The third kappa shape index (κ3) is 4.23. The van der Waals surface area contributed by atoms with Crippen LogP contribution in [0.3, 0.4) is 0 Å². The molecule has 7 nitrogen and oxygen atoms in total. The third-order valence-corrected chi connectivity index (χ3v) is 4.27. The van der Waals surface area contributed by atoms with Crippen molar-refractivity contribution in [3.63, 3.8) is 0 Å². The molecule has 4 amide bonds. The number of carbonyl (C=O) groups is 3. The van der Waals surface area contributed by atoms with E-state index in [1.165, 1.54) is 37.5 Å². The fraction of sp³-hybridized carbons (Fsp3) is 0.0952. The van der Waals surface area contributed by atoms with Crippen LogP contribution in [-0.4, -0.2) is 31.6 Å². The van der Waals surface area contributed by atoms with E-state index in [0.717, 1.165) is 4.90 Å². The molecule has 1 fully saturated rings. The maximum Gasteiger partial charge on any atom is 0.335 e. The molecule has 8 heteroatoms. The van der Waals surface area contributed by atoms with Gasteiger partial charge in [0.05, 0.1) is 12.8 Å². The number of rotatable bonds is 5. The van der Waals surface area contributed by atoms with Crippen LogP contribution in [-0.2, 0) is 9.59 Å². The minimum Gasteiger partial charge on any atom is -0.497 e. The Morgan fingerprint density at radius 1 is 1.17 bits per heavy atom. The molecule has 0 saturated carbocycles. The van der Waals surface area contributed by atoms with Crippen molar-refractivity contribution < 1.29 is 23.9 Å². The van der Waals surface area contributed by atoms with E-state index in [1.54, 1.807) is 18.2 Å². The summed E-state index contributed by atoms with van der Waals surface area (Å²) in [6.07, 6.45) is 6.57. The minimum absolute atomic E-state index is 0.0150. The lowest BCUT2D eigenvalue weighted by Gasteiger charge is -2.26. The lowest BCUT2D eigenvalue weighted by Crippen LogP contribution is -2.54. The van der Waals surface area contributed by atoms with Crippen LogP contribution in [0.15, 0.2) is 48.0 Å². The highest BCUT2D eigenvalue weighted by Gasteiger charge is 2.37. The number of nitrogens with one attached hydrogen (secondary N) is 1. The van der Waals surface area contributed by atoms with E-state index in [0.29, 0.717) is 22.1 Å². The number of anilines is 1. The SMILES string of the molecule is C#CCOc1cc(OC)ccc1/C=C1\C(=O)NC(=O)N(c2ccc(Cl)cc2)C1=O. The smallest absolute Gasteiger partial charge is 0.335 e. The summed E-state index contributed by atoms with van der Waals surface area (Å²) in [4.78, 5) is 38.4. The molecule has 1 saturated heterocycles. The molecule has 2 aromatic carbocycles. The topological polar surface area (TPSA) is 84.9 Å². The number of carbonyl (C=O) groups excluding carboxylic acids is 3. The maximum atomic E-state index is 12.9. The molecule has 1 aliphatic rings. The Morgan fingerprint density at radius 2 is 1.90 bits per heavy atom. The number of nitrogens with zero attached hydrogens (tertiary/aromatic N) is 1. The zero-order valence-corrected chi connectivity index (χ0v) is 16.0. The van der Waals surface area contributed by atoms with Gasteiger partial charge in [-0.15, -0.1) is 6.42 Å². The van der Waals surface area contributed by atoms with Crippen molar-refractivity contribution >= 4 is 41.2 Å². The fourth-order valence-corrected chi connectivity index (χ4v) is 2.77. The number of methoxy groups -OCH3 is 1. The van der Waals surface area contributed by atoms with Gasteiger partial charge >= 0.3 is 6.03 Å². The Labute approximate surface area is 171 Å². The van der Waals surface area contributed by atoms with Gasteiger partial charge in [0.1, 0.15) is 23.7 Å². The van der Waals surface area contributed by atoms with Gasteiger partial charge in [0.15, 0.2) is 0 Å².